The van der Waals surface area contributed by atoms with E-state index in [1.165, 1.54) is 20.2 Å². The lowest BCUT2D eigenvalue weighted by molar-refractivity contribution is 0.0920. The average Bonchev–Trinajstić information content (AvgIpc) is 2.88. The minimum Gasteiger partial charge on any atom is -0.448 e. The van der Waals surface area contributed by atoms with E-state index in [4.69, 9.17) is 4.42 Å². The number of nitrogens with one attached hydrogen (secondary N) is 2. The maximum atomic E-state index is 12.4. The fourth-order valence-electron chi connectivity index (χ4n) is 2.58. The molecule has 9 heteroatoms. The SMILES string of the molecule is Cc1oc(S(=O)(=O)N(C)C)cc1C(=O)NCC1(C)CCNCC1.Cl. The lowest BCUT2D eigenvalue weighted by Crippen LogP contribution is -2.42. The van der Waals surface area contributed by atoms with Crippen molar-refractivity contribution in [1.82, 2.24) is 14.9 Å². The van der Waals surface area contributed by atoms with Crippen molar-refractivity contribution in [2.24, 2.45) is 5.41 Å². The molecule has 0 saturated carbocycles. The number of sulfonamides is 1. The van der Waals surface area contributed by atoms with Crippen LogP contribution in [0.5, 0.6) is 0 Å². The molecule has 7 nitrogen and oxygen atoms in total. The molecule has 1 amide bonds. The maximum absolute atomic E-state index is 12.4. The van der Waals surface area contributed by atoms with Gasteiger partial charge in [0.2, 0.25) is 5.09 Å². The predicted molar refractivity (Wildman–Crippen MR) is 94.1 cm³/mol. The molecule has 0 unspecified atom stereocenters. The van der Waals surface area contributed by atoms with Gasteiger partial charge in [0.15, 0.2) is 0 Å². The number of piperidine rings is 1. The zero-order chi connectivity index (χ0) is 17.3. The standard InChI is InChI=1S/C15H25N3O4S.ClH/c1-11-12(9-13(22-11)23(20,21)18(3)4)14(19)17-10-15(2)5-7-16-8-6-15;/h9,16H,5-8,10H2,1-4H3,(H,17,19);1H. The topological polar surface area (TPSA) is 91.7 Å². The van der Waals surface area contributed by atoms with Crippen LogP contribution in [0.3, 0.4) is 0 Å². The summed E-state index contributed by atoms with van der Waals surface area (Å²) in [6, 6.07) is 1.30. The first-order valence-electron chi connectivity index (χ1n) is 7.68. The third kappa shape index (κ3) is 4.50. The van der Waals surface area contributed by atoms with E-state index in [9.17, 15) is 13.2 Å². The van der Waals surface area contributed by atoms with Crippen LogP contribution in [0, 0.1) is 12.3 Å². The molecule has 0 bridgehead atoms. The Balaban J connectivity index is 0.00000288. The molecule has 1 aromatic heterocycles. The van der Waals surface area contributed by atoms with Crippen LogP contribution < -0.4 is 10.6 Å². The number of amides is 1. The molecule has 0 radical (unpaired) electrons. The molecular formula is C15H26ClN3O4S. The Bertz CT molecular complexity index is 679. The Morgan fingerprint density at radius 2 is 1.96 bits per heavy atom. The molecule has 1 aliphatic heterocycles. The minimum absolute atomic E-state index is 0. The molecule has 2 heterocycles. The molecule has 1 saturated heterocycles. The van der Waals surface area contributed by atoms with Crippen molar-refractivity contribution in [3.05, 3.63) is 17.4 Å². The smallest absolute Gasteiger partial charge is 0.275 e. The van der Waals surface area contributed by atoms with Gasteiger partial charge in [0.05, 0.1) is 5.56 Å². The van der Waals surface area contributed by atoms with Gasteiger partial charge in [-0.05, 0) is 38.3 Å². The molecule has 0 atom stereocenters. The van der Waals surface area contributed by atoms with Crippen molar-refractivity contribution >= 4 is 28.3 Å². The lowest BCUT2D eigenvalue weighted by Gasteiger charge is -2.34. The molecule has 138 valence electrons. The first-order valence-corrected chi connectivity index (χ1v) is 9.12. The Hall–Kier alpha value is -1.09. The number of carbonyl (C=O) groups is 1. The third-order valence-corrected chi connectivity index (χ3v) is 6.03. The monoisotopic (exact) mass is 379 g/mol. The molecule has 0 aliphatic carbocycles. The van der Waals surface area contributed by atoms with Gasteiger partial charge in [-0.25, -0.2) is 12.7 Å². The maximum Gasteiger partial charge on any atom is 0.275 e. The van der Waals surface area contributed by atoms with Crippen molar-refractivity contribution in [2.45, 2.75) is 31.8 Å². The summed E-state index contributed by atoms with van der Waals surface area (Å²) in [5.41, 5.74) is 0.333. The minimum atomic E-state index is -3.68. The van der Waals surface area contributed by atoms with Crippen LogP contribution in [-0.2, 0) is 10.0 Å². The zero-order valence-corrected chi connectivity index (χ0v) is 16.1. The number of rotatable bonds is 5. The number of carbonyl (C=O) groups excluding carboxylic acids is 1. The molecule has 1 fully saturated rings. The van der Waals surface area contributed by atoms with Crippen molar-refractivity contribution < 1.29 is 17.6 Å². The fourth-order valence-corrected chi connectivity index (χ4v) is 3.44. The summed E-state index contributed by atoms with van der Waals surface area (Å²) in [5.74, 6) is 0.00426. The first-order chi connectivity index (χ1) is 10.7. The van der Waals surface area contributed by atoms with E-state index < -0.39 is 10.0 Å². The normalized spacial score (nSPS) is 17.4. The number of nitrogens with zero attached hydrogens (tertiary/aromatic N) is 1. The number of hydrogen-bond acceptors (Lipinski definition) is 5. The summed E-state index contributed by atoms with van der Waals surface area (Å²) in [5, 5.41) is 6.00. The predicted octanol–water partition coefficient (Wildman–Crippen LogP) is 1.38. The van der Waals surface area contributed by atoms with Gasteiger partial charge < -0.3 is 15.1 Å². The highest BCUT2D eigenvalue weighted by atomic mass is 35.5. The quantitative estimate of drug-likeness (QED) is 0.806. The molecular weight excluding hydrogens is 354 g/mol. The van der Waals surface area contributed by atoms with Crippen LogP contribution in [0.4, 0.5) is 0 Å². The summed E-state index contributed by atoms with van der Waals surface area (Å²) in [4.78, 5) is 12.4. The van der Waals surface area contributed by atoms with Gasteiger partial charge in [0.25, 0.3) is 15.9 Å². The van der Waals surface area contributed by atoms with Gasteiger partial charge >= 0.3 is 0 Å². The summed E-state index contributed by atoms with van der Waals surface area (Å²) in [6.45, 7) is 6.20. The highest BCUT2D eigenvalue weighted by Gasteiger charge is 2.29. The second-order valence-corrected chi connectivity index (χ2v) is 8.65. The van der Waals surface area contributed by atoms with Crippen molar-refractivity contribution in [3.8, 4) is 0 Å². The van der Waals surface area contributed by atoms with Crippen LogP contribution in [-0.4, -0.2) is 52.4 Å². The van der Waals surface area contributed by atoms with Crippen LogP contribution in [0.25, 0.3) is 0 Å². The van der Waals surface area contributed by atoms with E-state index in [0.717, 1.165) is 30.2 Å². The van der Waals surface area contributed by atoms with Crippen molar-refractivity contribution in [2.75, 3.05) is 33.7 Å². The van der Waals surface area contributed by atoms with Gasteiger partial charge in [-0.2, -0.15) is 0 Å². The van der Waals surface area contributed by atoms with Crippen LogP contribution >= 0.6 is 12.4 Å². The summed E-state index contributed by atoms with van der Waals surface area (Å²) in [6.07, 6.45) is 2.00. The van der Waals surface area contributed by atoms with E-state index in [0.29, 0.717) is 12.3 Å². The highest BCUT2D eigenvalue weighted by Crippen LogP contribution is 2.27. The Morgan fingerprint density at radius 1 is 1.38 bits per heavy atom. The van der Waals surface area contributed by atoms with E-state index in [1.54, 1.807) is 6.92 Å². The molecule has 0 aromatic carbocycles. The average molecular weight is 380 g/mol. The molecule has 1 aliphatic rings. The van der Waals surface area contributed by atoms with E-state index in [2.05, 4.69) is 17.6 Å². The highest BCUT2D eigenvalue weighted by molar-refractivity contribution is 7.88. The number of hydrogen-bond donors (Lipinski definition) is 2. The number of furan rings is 1. The van der Waals surface area contributed by atoms with Gasteiger partial charge in [-0.3, -0.25) is 4.79 Å². The van der Waals surface area contributed by atoms with Crippen molar-refractivity contribution in [3.63, 3.8) is 0 Å². The second-order valence-electron chi connectivity index (χ2n) is 6.57. The molecule has 24 heavy (non-hydrogen) atoms. The van der Waals surface area contributed by atoms with Gasteiger partial charge in [-0.15, -0.1) is 12.4 Å². The largest absolute Gasteiger partial charge is 0.448 e. The van der Waals surface area contributed by atoms with Crippen LogP contribution in [0.1, 0.15) is 35.9 Å². The van der Waals surface area contributed by atoms with Gasteiger partial charge in [-0.1, -0.05) is 6.92 Å². The molecule has 2 N–H and O–H groups in total. The number of halogens is 1. The molecule has 0 spiro atoms. The summed E-state index contributed by atoms with van der Waals surface area (Å²) < 4.78 is 30.5. The Morgan fingerprint density at radius 3 is 2.50 bits per heavy atom. The van der Waals surface area contributed by atoms with Gasteiger partial charge in [0.1, 0.15) is 5.76 Å². The van der Waals surface area contributed by atoms with E-state index in [-0.39, 0.29) is 34.4 Å². The van der Waals surface area contributed by atoms with Crippen LogP contribution in [0.2, 0.25) is 0 Å². The fraction of sp³-hybridized carbons (Fsp3) is 0.667. The molecule has 2 rings (SSSR count). The number of aryl methyl sites for hydroxylation is 1. The zero-order valence-electron chi connectivity index (χ0n) is 14.5. The Labute approximate surface area is 149 Å². The second kappa shape index (κ2) is 7.86. The molecule has 1 aromatic rings. The third-order valence-electron chi connectivity index (χ3n) is 4.36. The Kier molecular flexibility index (Phi) is 6.86. The first kappa shape index (κ1) is 21.0. The lowest BCUT2D eigenvalue weighted by atomic mass is 9.81. The summed E-state index contributed by atoms with van der Waals surface area (Å²) in [7, 11) is -0.838. The van der Waals surface area contributed by atoms with Crippen LogP contribution in [0.15, 0.2) is 15.6 Å². The van der Waals surface area contributed by atoms with E-state index in [1.807, 2.05) is 0 Å². The van der Waals surface area contributed by atoms with Gasteiger partial charge in [0, 0.05) is 26.7 Å². The van der Waals surface area contributed by atoms with E-state index >= 15 is 0 Å². The summed E-state index contributed by atoms with van der Waals surface area (Å²) >= 11 is 0. The van der Waals surface area contributed by atoms with Crippen molar-refractivity contribution in [1.29, 1.82) is 0 Å².